The van der Waals surface area contributed by atoms with E-state index in [4.69, 9.17) is 9.47 Å². The number of carbonyl (C=O) groups is 1. The summed E-state index contributed by atoms with van der Waals surface area (Å²) in [6, 6.07) is 3.84. The van der Waals surface area contributed by atoms with Crippen molar-refractivity contribution in [2.45, 2.75) is 13.8 Å². The van der Waals surface area contributed by atoms with E-state index in [1.807, 2.05) is 0 Å². The Bertz CT molecular complexity index is 430. The Morgan fingerprint density at radius 3 is 2.59 bits per heavy atom. The standard InChI is InChI=1S/C11H13NO5/c1-3-16-10-6-5-8(12(14)15)7-9(10)11(13)17-4-2/h5-7H,3-4H2,1-2H3. The molecular weight excluding hydrogens is 226 g/mol. The lowest BCUT2D eigenvalue weighted by atomic mass is 10.2. The molecule has 6 heteroatoms. The molecule has 0 aliphatic heterocycles. The highest BCUT2D eigenvalue weighted by Gasteiger charge is 2.18. The van der Waals surface area contributed by atoms with Gasteiger partial charge in [0.25, 0.3) is 5.69 Å². The zero-order chi connectivity index (χ0) is 12.8. The van der Waals surface area contributed by atoms with Crippen LogP contribution in [0.2, 0.25) is 0 Å². The average molecular weight is 239 g/mol. The van der Waals surface area contributed by atoms with Crippen LogP contribution >= 0.6 is 0 Å². The zero-order valence-electron chi connectivity index (χ0n) is 9.63. The normalized spacial score (nSPS) is 9.76. The van der Waals surface area contributed by atoms with Gasteiger partial charge in [-0.3, -0.25) is 10.1 Å². The second kappa shape index (κ2) is 5.83. The number of nitro benzene ring substituents is 1. The molecule has 6 nitrogen and oxygen atoms in total. The quantitative estimate of drug-likeness (QED) is 0.447. The molecule has 1 rings (SSSR count). The highest BCUT2D eigenvalue weighted by molar-refractivity contribution is 5.93. The summed E-state index contributed by atoms with van der Waals surface area (Å²) in [5, 5.41) is 10.6. The van der Waals surface area contributed by atoms with E-state index in [2.05, 4.69) is 0 Å². The van der Waals surface area contributed by atoms with Gasteiger partial charge in [0, 0.05) is 12.1 Å². The van der Waals surface area contributed by atoms with Crippen molar-refractivity contribution in [3.8, 4) is 5.75 Å². The molecule has 1 aromatic carbocycles. The summed E-state index contributed by atoms with van der Waals surface area (Å²) in [7, 11) is 0. The number of hydrogen-bond acceptors (Lipinski definition) is 5. The molecule has 0 aromatic heterocycles. The molecule has 0 aliphatic rings. The molecule has 92 valence electrons. The van der Waals surface area contributed by atoms with Crippen LogP contribution in [-0.2, 0) is 4.74 Å². The number of nitrogens with zero attached hydrogens (tertiary/aromatic N) is 1. The molecule has 0 amide bonds. The van der Waals surface area contributed by atoms with Crippen LogP contribution in [-0.4, -0.2) is 24.1 Å². The minimum Gasteiger partial charge on any atom is -0.493 e. The number of non-ortho nitro benzene ring substituents is 1. The predicted octanol–water partition coefficient (Wildman–Crippen LogP) is 2.17. The summed E-state index contributed by atoms with van der Waals surface area (Å²) >= 11 is 0. The highest BCUT2D eigenvalue weighted by Crippen LogP contribution is 2.25. The lowest BCUT2D eigenvalue weighted by Crippen LogP contribution is -2.08. The molecule has 0 bridgehead atoms. The van der Waals surface area contributed by atoms with Gasteiger partial charge < -0.3 is 9.47 Å². The van der Waals surface area contributed by atoms with Gasteiger partial charge in [-0.2, -0.15) is 0 Å². The van der Waals surface area contributed by atoms with Crippen molar-refractivity contribution in [2.75, 3.05) is 13.2 Å². The third-order valence-corrected chi connectivity index (χ3v) is 1.97. The molecule has 1 aromatic rings. The Morgan fingerprint density at radius 2 is 2.06 bits per heavy atom. The lowest BCUT2D eigenvalue weighted by molar-refractivity contribution is -0.384. The number of ether oxygens (including phenoxy) is 2. The van der Waals surface area contributed by atoms with Crippen LogP contribution in [0.15, 0.2) is 18.2 Å². The second-order valence-electron chi connectivity index (χ2n) is 3.09. The van der Waals surface area contributed by atoms with Crippen molar-refractivity contribution in [1.82, 2.24) is 0 Å². The Morgan fingerprint density at radius 1 is 1.35 bits per heavy atom. The van der Waals surface area contributed by atoms with Gasteiger partial charge in [-0.05, 0) is 19.9 Å². The molecule has 0 spiro atoms. The van der Waals surface area contributed by atoms with Crippen molar-refractivity contribution in [1.29, 1.82) is 0 Å². The lowest BCUT2D eigenvalue weighted by Gasteiger charge is -2.08. The summed E-state index contributed by atoms with van der Waals surface area (Å²) in [6.45, 7) is 3.99. The summed E-state index contributed by atoms with van der Waals surface area (Å²) in [6.07, 6.45) is 0. The number of nitro groups is 1. The Labute approximate surface area is 98.3 Å². The molecule has 17 heavy (non-hydrogen) atoms. The summed E-state index contributed by atoms with van der Waals surface area (Å²) in [4.78, 5) is 21.6. The first-order chi connectivity index (χ1) is 8.10. The number of hydrogen-bond donors (Lipinski definition) is 0. The van der Waals surface area contributed by atoms with E-state index in [1.165, 1.54) is 12.1 Å². The van der Waals surface area contributed by atoms with Gasteiger partial charge in [-0.15, -0.1) is 0 Å². The summed E-state index contributed by atoms with van der Waals surface area (Å²) in [5.74, 6) is -0.337. The maximum absolute atomic E-state index is 11.6. The number of carbonyl (C=O) groups excluding carboxylic acids is 1. The van der Waals surface area contributed by atoms with Crippen LogP contribution in [0.1, 0.15) is 24.2 Å². The Balaban J connectivity index is 3.15. The first-order valence-electron chi connectivity index (χ1n) is 5.18. The maximum atomic E-state index is 11.6. The van der Waals surface area contributed by atoms with Crippen LogP contribution in [0.4, 0.5) is 5.69 Å². The maximum Gasteiger partial charge on any atom is 0.342 e. The fourth-order valence-corrected chi connectivity index (χ4v) is 1.28. The van der Waals surface area contributed by atoms with Crippen molar-refractivity contribution >= 4 is 11.7 Å². The molecule has 0 atom stereocenters. The van der Waals surface area contributed by atoms with Crippen LogP contribution < -0.4 is 4.74 Å². The molecule has 0 unspecified atom stereocenters. The molecule has 0 N–H and O–H groups in total. The minimum absolute atomic E-state index is 0.0721. The van der Waals surface area contributed by atoms with Crippen molar-refractivity contribution in [2.24, 2.45) is 0 Å². The highest BCUT2D eigenvalue weighted by atomic mass is 16.6. The van der Waals surface area contributed by atoms with E-state index < -0.39 is 10.9 Å². The van der Waals surface area contributed by atoms with E-state index in [-0.39, 0.29) is 23.6 Å². The van der Waals surface area contributed by atoms with Gasteiger partial charge in [0.2, 0.25) is 0 Å². The Hall–Kier alpha value is -2.11. The molecule has 0 heterocycles. The second-order valence-corrected chi connectivity index (χ2v) is 3.09. The van der Waals surface area contributed by atoms with E-state index >= 15 is 0 Å². The van der Waals surface area contributed by atoms with Gasteiger partial charge in [0.15, 0.2) is 0 Å². The minimum atomic E-state index is -0.625. The smallest absolute Gasteiger partial charge is 0.342 e. The van der Waals surface area contributed by atoms with E-state index in [9.17, 15) is 14.9 Å². The van der Waals surface area contributed by atoms with Crippen LogP contribution in [0.25, 0.3) is 0 Å². The first-order valence-corrected chi connectivity index (χ1v) is 5.18. The van der Waals surface area contributed by atoms with Crippen LogP contribution in [0.5, 0.6) is 5.75 Å². The largest absolute Gasteiger partial charge is 0.493 e. The van der Waals surface area contributed by atoms with Crippen LogP contribution in [0, 0.1) is 10.1 Å². The number of rotatable bonds is 5. The molecule has 0 radical (unpaired) electrons. The summed E-state index contributed by atoms with van der Waals surface area (Å²) in [5.41, 5.74) is -0.0978. The number of esters is 1. The van der Waals surface area contributed by atoms with Gasteiger partial charge >= 0.3 is 5.97 Å². The van der Waals surface area contributed by atoms with Gasteiger partial charge in [-0.25, -0.2) is 4.79 Å². The molecule has 0 aliphatic carbocycles. The molecule has 0 fully saturated rings. The number of benzene rings is 1. The average Bonchev–Trinajstić information content (AvgIpc) is 2.30. The van der Waals surface area contributed by atoms with Crippen molar-refractivity contribution in [3.05, 3.63) is 33.9 Å². The Kier molecular flexibility index (Phi) is 4.45. The third-order valence-electron chi connectivity index (χ3n) is 1.97. The van der Waals surface area contributed by atoms with E-state index in [1.54, 1.807) is 13.8 Å². The fraction of sp³-hybridized carbons (Fsp3) is 0.364. The van der Waals surface area contributed by atoms with Crippen LogP contribution in [0.3, 0.4) is 0 Å². The van der Waals surface area contributed by atoms with Gasteiger partial charge in [0.05, 0.1) is 18.1 Å². The van der Waals surface area contributed by atoms with Gasteiger partial charge in [-0.1, -0.05) is 0 Å². The van der Waals surface area contributed by atoms with Crippen molar-refractivity contribution < 1.29 is 19.2 Å². The molecular formula is C11H13NO5. The SMILES string of the molecule is CCOC(=O)c1cc([N+](=O)[O-])ccc1OCC. The van der Waals surface area contributed by atoms with E-state index in [0.29, 0.717) is 6.61 Å². The van der Waals surface area contributed by atoms with E-state index in [0.717, 1.165) is 6.07 Å². The van der Waals surface area contributed by atoms with Gasteiger partial charge in [0.1, 0.15) is 11.3 Å². The third kappa shape index (κ3) is 3.17. The monoisotopic (exact) mass is 239 g/mol. The van der Waals surface area contributed by atoms with Crippen molar-refractivity contribution in [3.63, 3.8) is 0 Å². The fourth-order valence-electron chi connectivity index (χ4n) is 1.28. The first kappa shape index (κ1) is 13.0. The predicted molar refractivity (Wildman–Crippen MR) is 60.2 cm³/mol. The zero-order valence-corrected chi connectivity index (χ0v) is 9.63. The molecule has 0 saturated heterocycles. The summed E-state index contributed by atoms with van der Waals surface area (Å²) < 4.78 is 10.0. The molecule has 0 saturated carbocycles. The topological polar surface area (TPSA) is 78.7 Å².